The third-order valence-corrected chi connectivity index (χ3v) is 5.65. The van der Waals surface area contributed by atoms with E-state index in [4.69, 9.17) is 21.1 Å². The first-order chi connectivity index (χ1) is 15.0. The third kappa shape index (κ3) is 3.81. The Kier molecular flexibility index (Phi) is 6.01. The predicted octanol–water partition coefficient (Wildman–Crippen LogP) is 6.26. The van der Waals surface area contributed by atoms with Gasteiger partial charge in [-0.1, -0.05) is 48.9 Å². The molecule has 1 aliphatic rings. The average Bonchev–Trinajstić information content (AvgIpc) is 3.10. The van der Waals surface area contributed by atoms with Crippen LogP contribution in [0.5, 0.6) is 11.5 Å². The van der Waals surface area contributed by atoms with E-state index in [-0.39, 0.29) is 23.8 Å². The van der Waals surface area contributed by atoms with E-state index in [1.54, 1.807) is 17.0 Å². The molecule has 0 saturated heterocycles. The second-order valence-corrected chi connectivity index (χ2v) is 7.63. The Morgan fingerprint density at radius 3 is 2.39 bits per heavy atom. The number of amides is 1. The number of ether oxygens (including phenoxy) is 2. The van der Waals surface area contributed by atoms with Gasteiger partial charge in [-0.2, -0.15) is 0 Å². The van der Waals surface area contributed by atoms with E-state index in [9.17, 15) is 13.6 Å². The summed E-state index contributed by atoms with van der Waals surface area (Å²) in [6.45, 7) is 3.69. The Morgan fingerprint density at radius 1 is 1.06 bits per heavy atom. The van der Waals surface area contributed by atoms with Crippen molar-refractivity contribution in [1.29, 1.82) is 0 Å². The number of alkyl halides is 2. The number of carbonyl (C=O) groups excluding carboxylic acids is 1. The summed E-state index contributed by atoms with van der Waals surface area (Å²) in [6, 6.07) is 12.8. The number of rotatable bonds is 7. The van der Waals surface area contributed by atoms with Gasteiger partial charge in [0.1, 0.15) is 18.1 Å². The molecule has 31 heavy (non-hydrogen) atoms. The second-order valence-electron chi connectivity index (χ2n) is 7.22. The van der Waals surface area contributed by atoms with Gasteiger partial charge in [-0.15, -0.1) is 0 Å². The molecule has 0 unspecified atom stereocenters. The molecule has 3 aromatic rings. The molecule has 0 saturated carbocycles. The Labute approximate surface area is 184 Å². The molecule has 3 aromatic carbocycles. The van der Waals surface area contributed by atoms with Crippen molar-refractivity contribution in [1.82, 2.24) is 0 Å². The largest absolute Gasteiger partial charge is 0.493 e. The summed E-state index contributed by atoms with van der Waals surface area (Å²) < 4.78 is 37.4. The number of nitrogens with zero attached hydrogens (tertiary/aromatic N) is 1. The van der Waals surface area contributed by atoms with Crippen LogP contribution in [0.25, 0.3) is 10.8 Å². The highest BCUT2D eigenvalue weighted by molar-refractivity contribution is 6.34. The summed E-state index contributed by atoms with van der Waals surface area (Å²) in [6.07, 6.45) is -1.84. The fourth-order valence-corrected chi connectivity index (χ4v) is 4.26. The molecule has 7 heteroatoms. The lowest BCUT2D eigenvalue weighted by atomic mass is 9.99. The van der Waals surface area contributed by atoms with Crippen LogP contribution in [0.1, 0.15) is 35.3 Å². The van der Waals surface area contributed by atoms with E-state index in [0.29, 0.717) is 34.0 Å². The molecule has 162 valence electrons. The molecule has 0 bridgehead atoms. The molecule has 0 N–H and O–H groups in total. The van der Waals surface area contributed by atoms with Crippen molar-refractivity contribution >= 4 is 34.0 Å². The Morgan fingerprint density at radius 2 is 1.77 bits per heavy atom. The standard InChI is InChI=1S/C24H22ClF2NO3/c1-3-14-9-10-19(18(25)11-14)28-12-17-21(24(28)29)23(31-13-20(26)27)16-8-6-5-7-15(16)22(17)30-4-2/h5-11,20H,3-4,12-13H2,1-2H3. The molecule has 0 atom stereocenters. The fourth-order valence-electron chi connectivity index (χ4n) is 3.96. The minimum atomic E-state index is -2.66. The monoisotopic (exact) mass is 445 g/mol. The first-order valence-electron chi connectivity index (χ1n) is 10.2. The van der Waals surface area contributed by atoms with E-state index in [2.05, 4.69) is 0 Å². The van der Waals surface area contributed by atoms with Crippen molar-refractivity contribution in [3.63, 3.8) is 0 Å². The molecule has 4 nitrogen and oxygen atoms in total. The van der Waals surface area contributed by atoms with Crippen LogP contribution >= 0.6 is 11.6 Å². The normalized spacial score (nSPS) is 13.2. The van der Waals surface area contributed by atoms with Crippen LogP contribution in [-0.4, -0.2) is 25.5 Å². The molecule has 1 heterocycles. The summed E-state index contributed by atoms with van der Waals surface area (Å²) in [7, 11) is 0. The van der Waals surface area contributed by atoms with E-state index in [0.717, 1.165) is 17.4 Å². The van der Waals surface area contributed by atoms with Gasteiger partial charge in [-0.3, -0.25) is 4.79 Å². The third-order valence-electron chi connectivity index (χ3n) is 5.35. The average molecular weight is 446 g/mol. The van der Waals surface area contributed by atoms with Crippen LogP contribution in [0, 0.1) is 0 Å². The quantitative estimate of drug-likeness (QED) is 0.431. The number of halogens is 3. The van der Waals surface area contributed by atoms with E-state index >= 15 is 0 Å². The van der Waals surface area contributed by atoms with Gasteiger partial charge in [0.15, 0.2) is 0 Å². The zero-order valence-electron chi connectivity index (χ0n) is 17.3. The summed E-state index contributed by atoms with van der Waals surface area (Å²) in [5, 5.41) is 1.74. The first-order valence-corrected chi connectivity index (χ1v) is 10.6. The van der Waals surface area contributed by atoms with Crippen molar-refractivity contribution in [2.75, 3.05) is 18.1 Å². The maximum Gasteiger partial charge on any atom is 0.272 e. The lowest BCUT2D eigenvalue weighted by Crippen LogP contribution is -2.24. The van der Waals surface area contributed by atoms with Gasteiger partial charge in [0.05, 0.1) is 29.4 Å². The van der Waals surface area contributed by atoms with E-state index in [1.165, 1.54) is 0 Å². The topological polar surface area (TPSA) is 38.8 Å². The van der Waals surface area contributed by atoms with Crippen LogP contribution in [0.2, 0.25) is 5.02 Å². The summed E-state index contributed by atoms with van der Waals surface area (Å²) in [5.74, 6) is 0.370. The summed E-state index contributed by atoms with van der Waals surface area (Å²) in [4.78, 5) is 15.1. The highest BCUT2D eigenvalue weighted by atomic mass is 35.5. The predicted molar refractivity (Wildman–Crippen MR) is 118 cm³/mol. The number of hydrogen-bond donors (Lipinski definition) is 0. The maximum absolute atomic E-state index is 13.5. The Bertz CT molecular complexity index is 1150. The van der Waals surface area contributed by atoms with Gasteiger partial charge >= 0.3 is 0 Å². The van der Waals surface area contributed by atoms with Gasteiger partial charge in [0.2, 0.25) is 0 Å². The van der Waals surface area contributed by atoms with Crippen LogP contribution in [0.4, 0.5) is 14.5 Å². The van der Waals surface area contributed by atoms with E-state index < -0.39 is 13.0 Å². The summed E-state index contributed by atoms with van der Waals surface area (Å²) in [5.41, 5.74) is 2.48. The Hall–Kier alpha value is -2.86. The molecule has 1 aliphatic heterocycles. The molecular weight excluding hydrogens is 424 g/mol. The van der Waals surface area contributed by atoms with Crippen molar-refractivity contribution in [3.05, 3.63) is 64.2 Å². The number of anilines is 1. The number of benzene rings is 3. The SMILES string of the molecule is CCOc1c2c(c(OCC(F)F)c3ccccc13)C(=O)N(c1ccc(CC)cc1Cl)C2. The van der Waals surface area contributed by atoms with Gasteiger partial charge in [0.25, 0.3) is 12.3 Å². The fraction of sp³-hybridized carbons (Fsp3) is 0.292. The molecule has 0 aliphatic carbocycles. The smallest absolute Gasteiger partial charge is 0.272 e. The zero-order chi connectivity index (χ0) is 22.1. The highest BCUT2D eigenvalue weighted by Gasteiger charge is 2.37. The highest BCUT2D eigenvalue weighted by Crippen LogP contribution is 2.47. The van der Waals surface area contributed by atoms with Crippen LogP contribution in [-0.2, 0) is 13.0 Å². The molecule has 0 aromatic heterocycles. The van der Waals surface area contributed by atoms with Crippen LogP contribution in [0.3, 0.4) is 0 Å². The van der Waals surface area contributed by atoms with Crippen molar-refractivity contribution in [2.45, 2.75) is 33.2 Å². The van der Waals surface area contributed by atoms with Crippen molar-refractivity contribution in [2.24, 2.45) is 0 Å². The second kappa shape index (κ2) is 8.71. The van der Waals surface area contributed by atoms with Crippen molar-refractivity contribution < 1.29 is 23.0 Å². The molecule has 4 rings (SSSR count). The van der Waals surface area contributed by atoms with Crippen LogP contribution < -0.4 is 14.4 Å². The Balaban J connectivity index is 1.91. The minimum absolute atomic E-state index is 0.156. The van der Waals surface area contributed by atoms with Gasteiger partial charge in [-0.05, 0) is 31.0 Å². The molecule has 0 spiro atoms. The zero-order valence-corrected chi connectivity index (χ0v) is 18.0. The number of fused-ring (bicyclic) bond motifs is 2. The molecule has 0 fully saturated rings. The number of aryl methyl sites for hydroxylation is 1. The van der Waals surface area contributed by atoms with Crippen molar-refractivity contribution in [3.8, 4) is 11.5 Å². The molecule has 0 radical (unpaired) electrons. The molecular formula is C24H22ClF2NO3. The minimum Gasteiger partial charge on any atom is -0.493 e. The van der Waals surface area contributed by atoms with Crippen LogP contribution in [0.15, 0.2) is 42.5 Å². The molecule has 1 amide bonds. The summed E-state index contributed by atoms with van der Waals surface area (Å²) >= 11 is 6.49. The maximum atomic E-state index is 13.5. The van der Waals surface area contributed by atoms with Gasteiger partial charge in [0, 0.05) is 16.3 Å². The van der Waals surface area contributed by atoms with Gasteiger partial charge in [-0.25, -0.2) is 8.78 Å². The first kappa shape index (κ1) is 21.4. The lowest BCUT2D eigenvalue weighted by molar-refractivity contribution is 0.0809. The van der Waals surface area contributed by atoms with Gasteiger partial charge < -0.3 is 14.4 Å². The lowest BCUT2D eigenvalue weighted by Gasteiger charge is -2.18. The number of hydrogen-bond acceptors (Lipinski definition) is 3. The van der Waals surface area contributed by atoms with E-state index in [1.807, 2.05) is 44.2 Å². The number of carbonyl (C=O) groups is 1.